The number of rotatable bonds is 4. The molecule has 2 aromatic carbocycles. The number of hydrogen-bond acceptors (Lipinski definition) is 4. The Hall–Kier alpha value is -2.99. The van der Waals surface area contributed by atoms with E-state index in [1.165, 1.54) is 17.7 Å². The SMILES string of the molecule is Cc1nc2n(c(=O)c1C)CN(CCc1ccccc1)CN2c1ccc(F)cc1. The van der Waals surface area contributed by atoms with Crippen molar-refractivity contribution in [3.05, 3.63) is 87.6 Å². The minimum absolute atomic E-state index is 0.0287. The van der Waals surface area contributed by atoms with Crippen molar-refractivity contribution in [2.75, 3.05) is 18.1 Å². The number of aromatic nitrogens is 2. The fraction of sp³-hybridized carbons (Fsp3) is 0.273. The van der Waals surface area contributed by atoms with Gasteiger partial charge >= 0.3 is 0 Å². The topological polar surface area (TPSA) is 41.4 Å². The first-order valence-corrected chi connectivity index (χ1v) is 9.40. The summed E-state index contributed by atoms with van der Waals surface area (Å²) >= 11 is 0. The van der Waals surface area contributed by atoms with Crippen molar-refractivity contribution in [3.63, 3.8) is 0 Å². The predicted molar refractivity (Wildman–Crippen MR) is 108 cm³/mol. The second-order valence-corrected chi connectivity index (χ2v) is 7.17. The number of anilines is 2. The quantitative estimate of drug-likeness (QED) is 0.696. The van der Waals surface area contributed by atoms with Crippen molar-refractivity contribution >= 4 is 11.6 Å². The van der Waals surface area contributed by atoms with Crippen LogP contribution in [0.25, 0.3) is 0 Å². The summed E-state index contributed by atoms with van der Waals surface area (Å²) in [5.74, 6) is 0.322. The van der Waals surface area contributed by atoms with Gasteiger partial charge in [-0.25, -0.2) is 9.37 Å². The fourth-order valence-electron chi connectivity index (χ4n) is 3.48. The van der Waals surface area contributed by atoms with Crippen LogP contribution in [0.5, 0.6) is 0 Å². The molecule has 0 bridgehead atoms. The minimum Gasteiger partial charge on any atom is -0.298 e. The van der Waals surface area contributed by atoms with Gasteiger partial charge in [-0.2, -0.15) is 0 Å². The van der Waals surface area contributed by atoms with Gasteiger partial charge in [-0.1, -0.05) is 30.3 Å². The van der Waals surface area contributed by atoms with Crippen molar-refractivity contribution < 1.29 is 4.39 Å². The molecule has 4 rings (SSSR count). The summed E-state index contributed by atoms with van der Waals surface area (Å²) < 4.78 is 15.1. The lowest BCUT2D eigenvalue weighted by Crippen LogP contribution is -2.48. The van der Waals surface area contributed by atoms with Gasteiger partial charge in [0.15, 0.2) is 0 Å². The Bertz CT molecular complexity index is 1030. The number of fused-ring (bicyclic) bond motifs is 1. The summed E-state index contributed by atoms with van der Waals surface area (Å²) in [6.07, 6.45) is 0.889. The van der Waals surface area contributed by atoms with E-state index in [0.29, 0.717) is 24.8 Å². The first-order chi connectivity index (χ1) is 13.5. The Morgan fingerprint density at radius 3 is 2.43 bits per heavy atom. The molecule has 1 aliphatic rings. The summed E-state index contributed by atoms with van der Waals surface area (Å²) in [5, 5.41) is 0. The van der Waals surface area contributed by atoms with Crippen LogP contribution in [0.1, 0.15) is 16.8 Å². The first-order valence-electron chi connectivity index (χ1n) is 9.40. The largest absolute Gasteiger partial charge is 0.298 e. The standard InChI is InChI=1S/C22H23FN4O/c1-16-17(2)24-22-26(20-10-8-19(23)9-11-20)14-25(15-27(22)21(16)28)13-12-18-6-4-3-5-7-18/h3-11H,12-15H2,1-2H3. The molecule has 0 N–H and O–H groups in total. The Balaban J connectivity index is 1.69. The summed E-state index contributed by atoms with van der Waals surface area (Å²) in [6.45, 7) is 5.55. The number of aryl methyl sites for hydroxylation is 1. The smallest absolute Gasteiger partial charge is 0.259 e. The van der Waals surface area contributed by atoms with Gasteiger partial charge in [-0.3, -0.25) is 19.2 Å². The lowest BCUT2D eigenvalue weighted by molar-refractivity contribution is 0.200. The van der Waals surface area contributed by atoms with E-state index in [1.807, 2.05) is 36.9 Å². The molecule has 1 aliphatic heterocycles. The van der Waals surface area contributed by atoms with Gasteiger partial charge in [0.05, 0.1) is 13.3 Å². The van der Waals surface area contributed by atoms with Gasteiger partial charge < -0.3 is 0 Å². The summed E-state index contributed by atoms with van der Waals surface area (Å²) in [4.78, 5) is 21.8. The molecule has 0 fully saturated rings. The number of nitrogens with zero attached hydrogens (tertiary/aromatic N) is 4. The molecule has 6 heteroatoms. The van der Waals surface area contributed by atoms with Crippen LogP contribution in [0.2, 0.25) is 0 Å². The van der Waals surface area contributed by atoms with E-state index in [0.717, 1.165) is 24.3 Å². The molecular weight excluding hydrogens is 355 g/mol. The zero-order valence-electron chi connectivity index (χ0n) is 16.1. The highest BCUT2D eigenvalue weighted by atomic mass is 19.1. The molecule has 28 heavy (non-hydrogen) atoms. The number of hydrogen-bond donors (Lipinski definition) is 0. The molecule has 0 unspecified atom stereocenters. The van der Waals surface area contributed by atoms with E-state index in [-0.39, 0.29) is 11.4 Å². The Kier molecular flexibility index (Phi) is 4.96. The highest BCUT2D eigenvalue weighted by molar-refractivity contribution is 5.58. The maximum atomic E-state index is 13.4. The van der Waals surface area contributed by atoms with Crippen LogP contribution in [0, 0.1) is 19.7 Å². The Morgan fingerprint density at radius 2 is 1.71 bits per heavy atom. The van der Waals surface area contributed by atoms with Crippen molar-refractivity contribution in [1.82, 2.24) is 14.5 Å². The molecule has 0 spiro atoms. The number of benzene rings is 2. The third-order valence-electron chi connectivity index (χ3n) is 5.24. The molecule has 0 saturated heterocycles. The molecule has 1 aromatic heterocycles. The fourth-order valence-corrected chi connectivity index (χ4v) is 3.48. The molecule has 5 nitrogen and oxygen atoms in total. The summed E-state index contributed by atoms with van der Waals surface area (Å²) in [6, 6.07) is 16.6. The Morgan fingerprint density at radius 1 is 1.00 bits per heavy atom. The van der Waals surface area contributed by atoms with Gasteiger partial charge in [0.25, 0.3) is 5.56 Å². The van der Waals surface area contributed by atoms with E-state index >= 15 is 0 Å². The zero-order chi connectivity index (χ0) is 19.7. The van der Waals surface area contributed by atoms with Gasteiger partial charge in [0.2, 0.25) is 5.95 Å². The van der Waals surface area contributed by atoms with Gasteiger partial charge in [0, 0.05) is 23.5 Å². The number of halogens is 1. The van der Waals surface area contributed by atoms with Crippen LogP contribution in [-0.4, -0.2) is 27.7 Å². The summed E-state index contributed by atoms with van der Waals surface area (Å²) in [7, 11) is 0. The average Bonchev–Trinajstić information content (AvgIpc) is 2.72. The van der Waals surface area contributed by atoms with Crippen molar-refractivity contribution in [3.8, 4) is 0 Å². The highest BCUT2D eigenvalue weighted by Gasteiger charge is 2.27. The lowest BCUT2D eigenvalue weighted by Gasteiger charge is -2.38. The van der Waals surface area contributed by atoms with E-state index < -0.39 is 0 Å². The van der Waals surface area contributed by atoms with Crippen LogP contribution in [0.3, 0.4) is 0 Å². The maximum Gasteiger partial charge on any atom is 0.259 e. The van der Waals surface area contributed by atoms with Gasteiger partial charge in [0.1, 0.15) is 5.82 Å². The second kappa shape index (κ2) is 7.56. The zero-order valence-corrected chi connectivity index (χ0v) is 16.1. The van der Waals surface area contributed by atoms with Crippen LogP contribution >= 0.6 is 0 Å². The van der Waals surface area contributed by atoms with Crippen molar-refractivity contribution in [2.24, 2.45) is 0 Å². The van der Waals surface area contributed by atoms with Crippen LogP contribution in [0.15, 0.2) is 59.4 Å². The molecule has 0 radical (unpaired) electrons. The predicted octanol–water partition coefficient (Wildman–Crippen LogP) is 3.61. The van der Waals surface area contributed by atoms with E-state index in [1.54, 1.807) is 16.7 Å². The van der Waals surface area contributed by atoms with Gasteiger partial charge in [-0.05, 0) is 50.1 Å². The van der Waals surface area contributed by atoms with Crippen molar-refractivity contribution in [1.29, 1.82) is 0 Å². The van der Waals surface area contributed by atoms with Gasteiger partial charge in [-0.15, -0.1) is 0 Å². The minimum atomic E-state index is -0.285. The monoisotopic (exact) mass is 378 g/mol. The second-order valence-electron chi connectivity index (χ2n) is 7.17. The molecule has 2 heterocycles. The van der Waals surface area contributed by atoms with E-state index in [9.17, 15) is 9.18 Å². The van der Waals surface area contributed by atoms with Crippen LogP contribution in [0.4, 0.5) is 16.0 Å². The van der Waals surface area contributed by atoms with E-state index in [4.69, 9.17) is 0 Å². The third kappa shape index (κ3) is 3.55. The molecule has 3 aromatic rings. The molecule has 144 valence electrons. The molecular formula is C22H23FN4O. The maximum absolute atomic E-state index is 13.4. The lowest BCUT2D eigenvalue weighted by atomic mass is 10.1. The Labute approximate surface area is 163 Å². The normalized spacial score (nSPS) is 14.2. The van der Waals surface area contributed by atoms with Crippen molar-refractivity contribution in [2.45, 2.75) is 26.9 Å². The molecule has 0 saturated carbocycles. The third-order valence-corrected chi connectivity index (χ3v) is 5.24. The highest BCUT2D eigenvalue weighted by Crippen LogP contribution is 2.27. The molecule has 0 aliphatic carbocycles. The van der Waals surface area contributed by atoms with Crippen LogP contribution in [-0.2, 0) is 13.1 Å². The molecule has 0 atom stereocenters. The first kappa shape index (κ1) is 18.4. The van der Waals surface area contributed by atoms with E-state index in [2.05, 4.69) is 22.0 Å². The average molecular weight is 378 g/mol. The van der Waals surface area contributed by atoms with Crippen LogP contribution < -0.4 is 10.5 Å². The summed E-state index contributed by atoms with van der Waals surface area (Å²) in [5.41, 5.74) is 3.43. The molecule has 0 amide bonds.